The number of nitrogens with zero attached hydrogens (tertiary/aromatic N) is 2. The van der Waals surface area contributed by atoms with Crippen LogP contribution < -0.4 is 10.5 Å². The minimum absolute atomic E-state index is 0.123. The van der Waals surface area contributed by atoms with Crippen molar-refractivity contribution in [2.75, 3.05) is 5.73 Å². The fraction of sp³-hybridized carbons (Fsp3) is 0.250. The molecular formula is C8H5ClF3N3O. The van der Waals surface area contributed by atoms with Crippen molar-refractivity contribution in [3.8, 4) is 11.8 Å². The first-order chi connectivity index (χ1) is 7.37. The second kappa shape index (κ2) is 4.45. The van der Waals surface area contributed by atoms with E-state index in [1.807, 2.05) is 0 Å². The van der Waals surface area contributed by atoms with Crippen molar-refractivity contribution in [3.05, 3.63) is 17.3 Å². The summed E-state index contributed by atoms with van der Waals surface area (Å²) in [6.45, 7) is 0. The van der Waals surface area contributed by atoms with Gasteiger partial charge in [-0.25, -0.2) is 4.98 Å². The molecule has 8 heteroatoms. The van der Waals surface area contributed by atoms with Crippen LogP contribution in [-0.2, 0) is 5.88 Å². The highest BCUT2D eigenvalue weighted by Gasteiger charge is 2.32. The third-order valence-electron chi connectivity index (χ3n) is 1.57. The van der Waals surface area contributed by atoms with E-state index in [1.54, 1.807) is 6.07 Å². The summed E-state index contributed by atoms with van der Waals surface area (Å²) in [5, 5.41) is 8.61. The predicted octanol–water partition coefficient (Wildman–Crippen LogP) is 2.17. The first kappa shape index (κ1) is 12.4. The number of alkyl halides is 4. The number of aromatic nitrogens is 1. The van der Waals surface area contributed by atoms with Gasteiger partial charge in [0.25, 0.3) is 0 Å². The van der Waals surface area contributed by atoms with Crippen LogP contribution in [0.3, 0.4) is 0 Å². The molecule has 86 valence electrons. The van der Waals surface area contributed by atoms with Crippen molar-refractivity contribution in [2.45, 2.75) is 12.2 Å². The Kier molecular flexibility index (Phi) is 3.44. The van der Waals surface area contributed by atoms with E-state index in [4.69, 9.17) is 22.6 Å². The fourth-order valence-electron chi connectivity index (χ4n) is 0.953. The molecule has 4 nitrogen and oxygen atoms in total. The molecule has 0 aromatic carbocycles. The molecule has 1 aromatic heterocycles. The van der Waals surface area contributed by atoms with E-state index in [2.05, 4.69) is 9.72 Å². The number of pyridine rings is 1. The molecule has 16 heavy (non-hydrogen) atoms. The number of hydrogen-bond acceptors (Lipinski definition) is 4. The molecule has 1 heterocycles. The molecule has 0 saturated heterocycles. The number of nitrogens with two attached hydrogens (primary N) is 1. The molecule has 0 amide bonds. The van der Waals surface area contributed by atoms with Crippen LogP contribution in [0.25, 0.3) is 0 Å². The number of ether oxygens (including phenoxy) is 1. The van der Waals surface area contributed by atoms with Crippen LogP contribution in [0.5, 0.6) is 5.75 Å². The lowest BCUT2D eigenvalue weighted by atomic mass is 10.2. The summed E-state index contributed by atoms with van der Waals surface area (Å²) in [4.78, 5) is 3.45. The molecule has 0 aliphatic carbocycles. The second-order valence-electron chi connectivity index (χ2n) is 2.67. The first-order valence-electron chi connectivity index (χ1n) is 3.88. The van der Waals surface area contributed by atoms with Crippen molar-refractivity contribution in [3.63, 3.8) is 0 Å². The number of hydrogen-bond donors (Lipinski definition) is 1. The predicted molar refractivity (Wildman–Crippen MR) is 49.6 cm³/mol. The van der Waals surface area contributed by atoms with Crippen LogP contribution in [0.15, 0.2) is 6.07 Å². The van der Waals surface area contributed by atoms with Crippen LogP contribution >= 0.6 is 11.6 Å². The summed E-state index contributed by atoms with van der Waals surface area (Å²) in [6, 6.07) is 2.61. The Hall–Kier alpha value is -1.68. The highest BCUT2D eigenvalue weighted by atomic mass is 35.5. The average molecular weight is 252 g/mol. The van der Waals surface area contributed by atoms with Crippen molar-refractivity contribution in [2.24, 2.45) is 0 Å². The summed E-state index contributed by atoms with van der Waals surface area (Å²) in [5.41, 5.74) is 5.20. The highest BCUT2D eigenvalue weighted by molar-refractivity contribution is 6.17. The van der Waals surface area contributed by atoms with Gasteiger partial charge in [0.15, 0.2) is 11.6 Å². The zero-order chi connectivity index (χ0) is 12.3. The van der Waals surface area contributed by atoms with Crippen LogP contribution in [0, 0.1) is 11.3 Å². The molecule has 0 saturated carbocycles. The van der Waals surface area contributed by atoms with Gasteiger partial charge >= 0.3 is 6.36 Å². The molecule has 1 aromatic rings. The number of nitriles is 1. The third kappa shape index (κ3) is 2.90. The van der Waals surface area contributed by atoms with Gasteiger partial charge in [0.05, 0.1) is 5.88 Å². The summed E-state index contributed by atoms with van der Waals surface area (Å²) in [5.74, 6) is -1.34. The molecule has 0 aliphatic rings. The van der Waals surface area contributed by atoms with E-state index in [9.17, 15) is 13.2 Å². The SMILES string of the molecule is N#Cc1nc(N)c(OC(F)(F)F)cc1CCl. The van der Waals surface area contributed by atoms with Gasteiger partial charge < -0.3 is 10.5 Å². The third-order valence-corrected chi connectivity index (χ3v) is 1.86. The van der Waals surface area contributed by atoms with Crippen LogP contribution in [-0.4, -0.2) is 11.3 Å². The zero-order valence-electron chi connectivity index (χ0n) is 7.68. The first-order valence-corrected chi connectivity index (χ1v) is 4.42. The molecule has 0 fully saturated rings. The molecule has 0 aliphatic heterocycles. The molecule has 0 unspecified atom stereocenters. The van der Waals surface area contributed by atoms with Gasteiger partial charge in [0.2, 0.25) is 0 Å². The van der Waals surface area contributed by atoms with Gasteiger partial charge in [0.1, 0.15) is 11.8 Å². The number of nitrogen functional groups attached to an aromatic ring is 1. The maximum Gasteiger partial charge on any atom is 0.573 e. The number of halogens is 4. The second-order valence-corrected chi connectivity index (χ2v) is 2.94. The van der Waals surface area contributed by atoms with E-state index < -0.39 is 17.9 Å². The van der Waals surface area contributed by atoms with Crippen LogP contribution in [0.1, 0.15) is 11.3 Å². The lowest BCUT2D eigenvalue weighted by Gasteiger charge is -2.11. The van der Waals surface area contributed by atoms with E-state index in [1.165, 1.54) is 0 Å². The Morgan fingerprint density at radius 2 is 2.19 bits per heavy atom. The molecule has 0 spiro atoms. The quantitative estimate of drug-likeness (QED) is 0.818. The van der Waals surface area contributed by atoms with E-state index >= 15 is 0 Å². The molecule has 0 atom stereocenters. The summed E-state index contributed by atoms with van der Waals surface area (Å²) < 4.78 is 39.4. The summed E-state index contributed by atoms with van der Waals surface area (Å²) in [6.07, 6.45) is -4.87. The van der Waals surface area contributed by atoms with Crippen molar-refractivity contribution in [1.82, 2.24) is 4.98 Å². The van der Waals surface area contributed by atoms with E-state index in [0.717, 1.165) is 6.07 Å². The Morgan fingerprint density at radius 1 is 1.56 bits per heavy atom. The van der Waals surface area contributed by atoms with E-state index in [0.29, 0.717) is 0 Å². The summed E-state index contributed by atoms with van der Waals surface area (Å²) >= 11 is 5.44. The largest absolute Gasteiger partial charge is 0.573 e. The number of rotatable bonds is 2. The van der Waals surface area contributed by atoms with Crippen LogP contribution in [0.2, 0.25) is 0 Å². The van der Waals surface area contributed by atoms with Gasteiger partial charge in [-0.15, -0.1) is 24.8 Å². The topological polar surface area (TPSA) is 71.9 Å². The smallest absolute Gasteiger partial charge is 0.402 e. The highest BCUT2D eigenvalue weighted by Crippen LogP contribution is 2.29. The fourth-order valence-corrected chi connectivity index (χ4v) is 1.16. The Bertz CT molecular complexity index is 441. The van der Waals surface area contributed by atoms with Gasteiger partial charge in [-0.1, -0.05) is 0 Å². The van der Waals surface area contributed by atoms with Crippen molar-refractivity contribution >= 4 is 17.4 Å². The van der Waals surface area contributed by atoms with Gasteiger partial charge in [-0.3, -0.25) is 0 Å². The molecule has 1 rings (SSSR count). The average Bonchev–Trinajstić information content (AvgIpc) is 2.18. The lowest BCUT2D eigenvalue weighted by Crippen LogP contribution is -2.18. The Labute approximate surface area is 93.4 Å². The minimum atomic E-state index is -4.87. The maximum atomic E-state index is 11.9. The summed E-state index contributed by atoms with van der Waals surface area (Å²) in [7, 11) is 0. The maximum absolute atomic E-state index is 11.9. The number of anilines is 1. The van der Waals surface area contributed by atoms with Crippen LogP contribution in [0.4, 0.5) is 19.0 Å². The van der Waals surface area contributed by atoms with Crippen molar-refractivity contribution < 1.29 is 17.9 Å². The zero-order valence-corrected chi connectivity index (χ0v) is 8.43. The van der Waals surface area contributed by atoms with Crippen molar-refractivity contribution in [1.29, 1.82) is 5.26 Å². The normalized spacial score (nSPS) is 10.9. The van der Waals surface area contributed by atoms with Gasteiger partial charge in [0, 0.05) is 5.56 Å². The Morgan fingerprint density at radius 3 is 2.62 bits per heavy atom. The Balaban J connectivity index is 3.18. The van der Waals surface area contributed by atoms with Gasteiger partial charge in [-0.2, -0.15) is 5.26 Å². The molecule has 0 radical (unpaired) electrons. The lowest BCUT2D eigenvalue weighted by molar-refractivity contribution is -0.274. The molecular weight excluding hydrogens is 247 g/mol. The molecule has 0 bridgehead atoms. The monoisotopic (exact) mass is 251 g/mol. The minimum Gasteiger partial charge on any atom is -0.402 e. The van der Waals surface area contributed by atoms with Gasteiger partial charge in [-0.05, 0) is 6.07 Å². The van der Waals surface area contributed by atoms with E-state index in [-0.39, 0.29) is 17.1 Å². The standard InChI is InChI=1S/C8H5ClF3N3O/c9-2-4-1-6(16-8(10,11)12)7(14)15-5(4)3-13/h1H,2H2,(H2,14,15). The molecule has 2 N–H and O–H groups in total.